The van der Waals surface area contributed by atoms with E-state index in [1.807, 2.05) is 0 Å². The van der Waals surface area contributed by atoms with Gasteiger partial charge in [-0.25, -0.2) is 4.98 Å². The monoisotopic (exact) mass is 248 g/mol. The number of nitrogens with zero attached hydrogens (tertiary/aromatic N) is 5. The first-order valence-electron chi connectivity index (χ1n) is 5.87. The molecule has 4 N–H and O–H groups in total. The molecule has 0 bridgehead atoms. The summed E-state index contributed by atoms with van der Waals surface area (Å²) in [6, 6.07) is 0. The molecule has 2 aromatic heterocycles. The van der Waals surface area contributed by atoms with E-state index in [2.05, 4.69) is 42.8 Å². The summed E-state index contributed by atoms with van der Waals surface area (Å²) < 4.78 is 0. The zero-order valence-electron chi connectivity index (χ0n) is 10.2. The molecule has 0 aliphatic rings. The third kappa shape index (κ3) is 3.12. The van der Waals surface area contributed by atoms with E-state index in [9.17, 15) is 0 Å². The summed E-state index contributed by atoms with van der Waals surface area (Å²) in [5, 5.41) is 17.0. The highest BCUT2D eigenvalue weighted by Crippen LogP contribution is 2.13. The van der Waals surface area contributed by atoms with Crippen LogP contribution in [-0.2, 0) is 12.8 Å². The van der Waals surface area contributed by atoms with Gasteiger partial charge in [0.25, 0.3) is 0 Å². The van der Waals surface area contributed by atoms with E-state index in [1.165, 1.54) is 0 Å². The van der Waals surface area contributed by atoms with Crippen molar-refractivity contribution in [1.29, 1.82) is 0 Å². The quantitative estimate of drug-likeness (QED) is 0.624. The normalized spacial score (nSPS) is 10.5. The molecular formula is C10H16N8. The molecule has 0 aromatic carbocycles. The number of nitrogens with two attached hydrogens (primary N) is 1. The number of nitrogens with one attached hydrogen (secondary N) is 2. The van der Waals surface area contributed by atoms with E-state index >= 15 is 0 Å². The number of tetrazole rings is 1. The Bertz CT molecular complexity index is 481. The number of hydrogen-bond donors (Lipinski definition) is 3. The summed E-state index contributed by atoms with van der Waals surface area (Å²) in [6.45, 7) is 2.83. The molecule has 0 spiro atoms. The molecule has 0 aliphatic heterocycles. The maximum Gasteiger partial charge on any atom is 0.221 e. The van der Waals surface area contributed by atoms with Crippen molar-refractivity contribution in [3.05, 3.63) is 17.6 Å². The lowest BCUT2D eigenvalue weighted by Crippen LogP contribution is -2.09. The number of aromatic nitrogens is 6. The zero-order valence-corrected chi connectivity index (χ0v) is 10.2. The Morgan fingerprint density at radius 3 is 3.06 bits per heavy atom. The molecule has 0 radical (unpaired) electrons. The minimum absolute atomic E-state index is 0.285. The highest BCUT2D eigenvalue weighted by atomic mass is 15.5. The van der Waals surface area contributed by atoms with Crippen LogP contribution in [-0.4, -0.2) is 37.1 Å². The lowest BCUT2D eigenvalue weighted by molar-refractivity contribution is 0.800. The maximum absolute atomic E-state index is 5.57. The molecule has 0 saturated carbocycles. The van der Waals surface area contributed by atoms with Crippen LogP contribution in [0.25, 0.3) is 0 Å². The van der Waals surface area contributed by atoms with Crippen LogP contribution in [0.3, 0.4) is 0 Å². The van der Waals surface area contributed by atoms with Crippen molar-refractivity contribution in [3.8, 4) is 0 Å². The first-order valence-corrected chi connectivity index (χ1v) is 5.87. The zero-order chi connectivity index (χ0) is 12.8. The van der Waals surface area contributed by atoms with Crippen molar-refractivity contribution >= 4 is 11.8 Å². The minimum atomic E-state index is 0.285. The van der Waals surface area contributed by atoms with Crippen LogP contribution in [0.1, 0.15) is 24.7 Å². The van der Waals surface area contributed by atoms with Crippen LogP contribution in [0.5, 0.6) is 0 Å². The molecular weight excluding hydrogens is 232 g/mol. The molecule has 2 aromatic rings. The Morgan fingerprint density at radius 2 is 2.33 bits per heavy atom. The largest absolute Gasteiger partial charge is 0.370 e. The van der Waals surface area contributed by atoms with Crippen LogP contribution >= 0.6 is 0 Å². The Morgan fingerprint density at radius 1 is 1.44 bits per heavy atom. The fourth-order valence-corrected chi connectivity index (χ4v) is 1.57. The van der Waals surface area contributed by atoms with Gasteiger partial charge in [-0.15, -0.1) is 10.2 Å². The molecule has 0 fully saturated rings. The van der Waals surface area contributed by atoms with Crippen molar-refractivity contribution in [1.82, 2.24) is 30.6 Å². The maximum atomic E-state index is 5.57. The van der Waals surface area contributed by atoms with Gasteiger partial charge in [-0.3, -0.25) is 0 Å². The number of anilines is 2. The lowest BCUT2D eigenvalue weighted by Gasteiger charge is -2.09. The SMILES string of the molecule is CCc1cnc(N)nc1NCCCc1nn[nH]n1. The van der Waals surface area contributed by atoms with Gasteiger partial charge in [-0.2, -0.15) is 10.2 Å². The van der Waals surface area contributed by atoms with Gasteiger partial charge in [-0.05, 0) is 12.8 Å². The smallest absolute Gasteiger partial charge is 0.221 e. The van der Waals surface area contributed by atoms with Gasteiger partial charge < -0.3 is 11.1 Å². The van der Waals surface area contributed by atoms with Crippen molar-refractivity contribution in [3.63, 3.8) is 0 Å². The number of hydrogen-bond acceptors (Lipinski definition) is 7. The third-order valence-electron chi connectivity index (χ3n) is 2.52. The van der Waals surface area contributed by atoms with Gasteiger partial charge in [0, 0.05) is 24.7 Å². The van der Waals surface area contributed by atoms with Crippen molar-refractivity contribution in [2.24, 2.45) is 0 Å². The summed E-state index contributed by atoms with van der Waals surface area (Å²) in [4.78, 5) is 8.16. The molecule has 0 unspecified atom stereocenters. The van der Waals surface area contributed by atoms with Crippen LogP contribution < -0.4 is 11.1 Å². The van der Waals surface area contributed by atoms with Gasteiger partial charge in [0.1, 0.15) is 5.82 Å². The van der Waals surface area contributed by atoms with E-state index < -0.39 is 0 Å². The van der Waals surface area contributed by atoms with Gasteiger partial charge >= 0.3 is 0 Å². The number of nitrogen functional groups attached to an aromatic ring is 1. The Hall–Kier alpha value is -2.25. The van der Waals surface area contributed by atoms with Crippen LogP contribution in [0.4, 0.5) is 11.8 Å². The highest BCUT2D eigenvalue weighted by molar-refractivity contribution is 5.45. The highest BCUT2D eigenvalue weighted by Gasteiger charge is 2.04. The molecule has 96 valence electrons. The van der Waals surface area contributed by atoms with Gasteiger partial charge in [0.15, 0.2) is 5.82 Å². The summed E-state index contributed by atoms with van der Waals surface area (Å²) in [5.41, 5.74) is 6.63. The van der Waals surface area contributed by atoms with E-state index in [0.717, 1.165) is 43.0 Å². The summed E-state index contributed by atoms with van der Waals surface area (Å²) >= 11 is 0. The van der Waals surface area contributed by atoms with Crippen molar-refractivity contribution in [2.45, 2.75) is 26.2 Å². The molecule has 0 atom stereocenters. The van der Waals surface area contributed by atoms with Crippen LogP contribution in [0.2, 0.25) is 0 Å². The predicted octanol–water partition coefficient (Wildman–Crippen LogP) is 0.179. The van der Waals surface area contributed by atoms with E-state index in [1.54, 1.807) is 6.20 Å². The number of aromatic amines is 1. The summed E-state index contributed by atoms with van der Waals surface area (Å²) in [6.07, 6.45) is 4.29. The number of aryl methyl sites for hydroxylation is 2. The molecule has 0 amide bonds. The molecule has 8 heteroatoms. The first-order chi connectivity index (χ1) is 8.79. The van der Waals surface area contributed by atoms with Gasteiger partial charge in [0.05, 0.1) is 0 Å². The Labute approximate surface area is 104 Å². The summed E-state index contributed by atoms with van der Waals surface area (Å²) in [5.74, 6) is 1.81. The second kappa shape index (κ2) is 5.89. The lowest BCUT2D eigenvalue weighted by atomic mass is 10.2. The van der Waals surface area contributed by atoms with Gasteiger partial charge in [0.2, 0.25) is 5.95 Å². The molecule has 18 heavy (non-hydrogen) atoms. The molecule has 0 saturated heterocycles. The second-order valence-corrected chi connectivity index (χ2v) is 3.81. The first kappa shape index (κ1) is 12.2. The number of rotatable bonds is 6. The average Bonchev–Trinajstić information content (AvgIpc) is 2.88. The van der Waals surface area contributed by atoms with E-state index in [4.69, 9.17) is 5.73 Å². The standard InChI is InChI=1S/C10H16N8/c1-2-7-6-13-10(11)14-9(7)12-5-3-4-8-15-17-18-16-8/h6H,2-5H2,1H3,(H3,11,12,13,14)(H,15,16,17,18). The fourth-order valence-electron chi connectivity index (χ4n) is 1.57. The topological polar surface area (TPSA) is 118 Å². The van der Waals surface area contributed by atoms with Crippen molar-refractivity contribution < 1.29 is 0 Å². The second-order valence-electron chi connectivity index (χ2n) is 3.81. The molecule has 8 nitrogen and oxygen atoms in total. The van der Waals surface area contributed by atoms with Gasteiger partial charge in [-0.1, -0.05) is 12.1 Å². The minimum Gasteiger partial charge on any atom is -0.370 e. The fraction of sp³-hybridized carbons (Fsp3) is 0.500. The Balaban J connectivity index is 1.84. The summed E-state index contributed by atoms with van der Waals surface area (Å²) in [7, 11) is 0. The molecule has 2 heterocycles. The third-order valence-corrected chi connectivity index (χ3v) is 2.52. The van der Waals surface area contributed by atoms with E-state index in [0.29, 0.717) is 0 Å². The number of H-pyrrole nitrogens is 1. The predicted molar refractivity (Wildman–Crippen MR) is 66.8 cm³/mol. The van der Waals surface area contributed by atoms with E-state index in [-0.39, 0.29) is 5.95 Å². The Kier molecular flexibility index (Phi) is 4.00. The average molecular weight is 248 g/mol. The van der Waals surface area contributed by atoms with Crippen LogP contribution in [0.15, 0.2) is 6.20 Å². The molecule has 0 aliphatic carbocycles. The van der Waals surface area contributed by atoms with Crippen molar-refractivity contribution in [2.75, 3.05) is 17.6 Å². The van der Waals surface area contributed by atoms with Crippen LogP contribution in [0, 0.1) is 0 Å². The molecule has 2 rings (SSSR count).